The van der Waals surface area contributed by atoms with Gasteiger partial charge in [-0.3, -0.25) is 14.5 Å². The van der Waals surface area contributed by atoms with E-state index < -0.39 is 0 Å². The van der Waals surface area contributed by atoms with Gasteiger partial charge in [-0.05, 0) is 32.3 Å². The van der Waals surface area contributed by atoms with Gasteiger partial charge in [0.15, 0.2) is 0 Å². The summed E-state index contributed by atoms with van der Waals surface area (Å²) < 4.78 is 2.01. The van der Waals surface area contributed by atoms with E-state index in [1.54, 1.807) is 6.33 Å². The second kappa shape index (κ2) is 8.03. The Balaban J connectivity index is 1.26. The van der Waals surface area contributed by atoms with E-state index >= 15 is 0 Å². The van der Waals surface area contributed by atoms with Crippen LogP contribution < -0.4 is 4.90 Å². The second-order valence-electron chi connectivity index (χ2n) is 8.91. The summed E-state index contributed by atoms with van der Waals surface area (Å²) in [6, 6.07) is 3.05. The van der Waals surface area contributed by atoms with Crippen LogP contribution in [0.15, 0.2) is 12.4 Å². The van der Waals surface area contributed by atoms with Crippen molar-refractivity contribution in [3.63, 3.8) is 0 Å². The summed E-state index contributed by atoms with van der Waals surface area (Å²) in [6.07, 6.45) is 8.03. The lowest BCUT2D eigenvalue weighted by Gasteiger charge is -2.43. The monoisotopic (exact) mass is 395 g/mol. The summed E-state index contributed by atoms with van der Waals surface area (Å²) in [7, 11) is 2.04. The fourth-order valence-electron chi connectivity index (χ4n) is 5.08. The highest BCUT2D eigenvalue weighted by molar-refractivity contribution is 5.50. The smallest absolute Gasteiger partial charge is 0.135 e. The number of aryl methyl sites for hydroxylation is 2. The van der Waals surface area contributed by atoms with Crippen LogP contribution >= 0.6 is 0 Å². The molecule has 2 aromatic heterocycles. The Kier molecular flexibility index (Phi) is 5.26. The molecule has 7 heteroatoms. The SMILES string of the molecule is Cc1cc(CN2CCc3ncnc(N4CCN(C5CCC5)CC4)c3CC2)n(C)n1. The van der Waals surface area contributed by atoms with Gasteiger partial charge in [0.1, 0.15) is 12.1 Å². The Labute approximate surface area is 173 Å². The molecule has 0 radical (unpaired) electrons. The molecular formula is C22H33N7. The number of fused-ring (bicyclic) bond motifs is 1. The van der Waals surface area contributed by atoms with Gasteiger partial charge in [-0.2, -0.15) is 5.10 Å². The molecule has 0 bridgehead atoms. The number of anilines is 1. The molecule has 3 aliphatic rings. The lowest BCUT2D eigenvalue weighted by atomic mass is 9.91. The fraction of sp³-hybridized carbons (Fsp3) is 0.682. The van der Waals surface area contributed by atoms with E-state index in [1.807, 2.05) is 11.7 Å². The first-order chi connectivity index (χ1) is 14.2. The minimum atomic E-state index is 0.851. The molecule has 5 rings (SSSR count). The third kappa shape index (κ3) is 3.90. The lowest BCUT2D eigenvalue weighted by Crippen LogP contribution is -2.52. The van der Waals surface area contributed by atoms with Crippen LogP contribution in [0.25, 0.3) is 0 Å². The zero-order valence-corrected chi connectivity index (χ0v) is 17.8. The number of nitrogens with zero attached hydrogens (tertiary/aromatic N) is 7. The average molecular weight is 396 g/mol. The predicted molar refractivity (Wildman–Crippen MR) is 114 cm³/mol. The highest BCUT2D eigenvalue weighted by Crippen LogP contribution is 2.28. The highest BCUT2D eigenvalue weighted by atomic mass is 15.3. The Morgan fingerprint density at radius 3 is 2.48 bits per heavy atom. The van der Waals surface area contributed by atoms with Crippen LogP contribution in [0.1, 0.15) is 41.9 Å². The molecule has 1 aliphatic carbocycles. The van der Waals surface area contributed by atoms with Crippen LogP contribution in [-0.2, 0) is 26.4 Å². The van der Waals surface area contributed by atoms with Gasteiger partial charge in [0.2, 0.25) is 0 Å². The van der Waals surface area contributed by atoms with Gasteiger partial charge in [-0.1, -0.05) is 6.42 Å². The Morgan fingerprint density at radius 2 is 1.79 bits per heavy atom. The van der Waals surface area contributed by atoms with Gasteiger partial charge in [0, 0.05) is 70.9 Å². The zero-order chi connectivity index (χ0) is 19.8. The molecule has 4 heterocycles. The molecule has 0 N–H and O–H groups in total. The number of piperazine rings is 1. The number of hydrogen-bond acceptors (Lipinski definition) is 6. The third-order valence-electron chi connectivity index (χ3n) is 7.04. The summed E-state index contributed by atoms with van der Waals surface area (Å²) in [4.78, 5) is 17.2. The molecule has 0 atom stereocenters. The molecule has 0 spiro atoms. The van der Waals surface area contributed by atoms with Gasteiger partial charge < -0.3 is 4.90 Å². The highest BCUT2D eigenvalue weighted by Gasteiger charge is 2.30. The minimum absolute atomic E-state index is 0.851. The van der Waals surface area contributed by atoms with Crippen LogP contribution in [-0.4, -0.2) is 74.9 Å². The van der Waals surface area contributed by atoms with Gasteiger partial charge in [-0.25, -0.2) is 9.97 Å². The maximum Gasteiger partial charge on any atom is 0.135 e. The normalized spacial score (nSPS) is 21.7. The summed E-state index contributed by atoms with van der Waals surface area (Å²) in [5.41, 5.74) is 5.01. The molecule has 1 saturated heterocycles. The van der Waals surface area contributed by atoms with Crippen molar-refractivity contribution in [2.24, 2.45) is 7.05 Å². The van der Waals surface area contributed by atoms with Crippen molar-refractivity contribution in [1.29, 1.82) is 0 Å². The molecule has 1 saturated carbocycles. The Morgan fingerprint density at radius 1 is 1.00 bits per heavy atom. The molecule has 0 aromatic carbocycles. The van der Waals surface area contributed by atoms with Crippen molar-refractivity contribution in [2.45, 2.75) is 51.6 Å². The second-order valence-corrected chi connectivity index (χ2v) is 8.91. The first-order valence-corrected chi connectivity index (χ1v) is 11.2. The van der Waals surface area contributed by atoms with Crippen molar-refractivity contribution in [3.05, 3.63) is 35.0 Å². The van der Waals surface area contributed by atoms with Crippen molar-refractivity contribution in [1.82, 2.24) is 29.5 Å². The largest absolute Gasteiger partial charge is 0.354 e. The maximum atomic E-state index is 4.75. The number of aromatic nitrogens is 4. The van der Waals surface area contributed by atoms with E-state index in [2.05, 4.69) is 37.8 Å². The molecule has 2 fully saturated rings. The fourth-order valence-corrected chi connectivity index (χ4v) is 5.08. The van der Waals surface area contributed by atoms with Crippen LogP contribution in [0.4, 0.5) is 5.82 Å². The molecule has 29 heavy (non-hydrogen) atoms. The van der Waals surface area contributed by atoms with Gasteiger partial charge in [-0.15, -0.1) is 0 Å². The standard InChI is InChI=1S/C22H33N7/c1-17-14-19(26(2)25-17)15-27-8-6-20-21(7-9-27)23-16-24-22(20)29-12-10-28(11-13-29)18-4-3-5-18/h14,16,18H,3-13,15H2,1-2H3. The number of hydrogen-bond donors (Lipinski definition) is 0. The summed E-state index contributed by atoms with van der Waals surface area (Å²) in [6.45, 7) is 9.66. The van der Waals surface area contributed by atoms with Crippen LogP contribution in [0, 0.1) is 6.92 Å². The molecule has 0 amide bonds. The first kappa shape index (κ1) is 19.0. The van der Waals surface area contributed by atoms with Crippen molar-refractivity contribution in [2.75, 3.05) is 44.2 Å². The quantitative estimate of drug-likeness (QED) is 0.787. The van der Waals surface area contributed by atoms with Crippen molar-refractivity contribution in [3.8, 4) is 0 Å². The molecule has 2 aromatic rings. The molecular weight excluding hydrogens is 362 g/mol. The Bertz CT molecular complexity index is 849. The van der Waals surface area contributed by atoms with E-state index in [0.717, 1.165) is 57.3 Å². The molecule has 0 unspecified atom stereocenters. The van der Waals surface area contributed by atoms with Crippen LogP contribution in [0.3, 0.4) is 0 Å². The van der Waals surface area contributed by atoms with E-state index in [0.29, 0.717) is 0 Å². The lowest BCUT2D eigenvalue weighted by molar-refractivity contribution is 0.120. The summed E-state index contributed by atoms with van der Waals surface area (Å²) in [5.74, 6) is 1.20. The van der Waals surface area contributed by atoms with E-state index in [-0.39, 0.29) is 0 Å². The van der Waals surface area contributed by atoms with Crippen molar-refractivity contribution >= 4 is 5.82 Å². The van der Waals surface area contributed by atoms with Gasteiger partial charge >= 0.3 is 0 Å². The predicted octanol–water partition coefficient (Wildman–Crippen LogP) is 1.79. The third-order valence-corrected chi connectivity index (χ3v) is 7.04. The van der Waals surface area contributed by atoms with Crippen LogP contribution in [0.2, 0.25) is 0 Å². The average Bonchev–Trinajstić information content (AvgIpc) is 2.87. The van der Waals surface area contributed by atoms with E-state index in [4.69, 9.17) is 4.98 Å². The molecule has 7 nitrogen and oxygen atoms in total. The topological polar surface area (TPSA) is 53.3 Å². The van der Waals surface area contributed by atoms with Crippen LogP contribution in [0.5, 0.6) is 0 Å². The minimum Gasteiger partial charge on any atom is -0.354 e. The Hall–Kier alpha value is -1.99. The first-order valence-electron chi connectivity index (χ1n) is 11.2. The van der Waals surface area contributed by atoms with Crippen molar-refractivity contribution < 1.29 is 0 Å². The van der Waals surface area contributed by atoms with Gasteiger partial charge in [0.25, 0.3) is 0 Å². The van der Waals surface area contributed by atoms with E-state index in [1.165, 1.54) is 55.1 Å². The summed E-state index contributed by atoms with van der Waals surface area (Å²) in [5, 5.41) is 4.50. The summed E-state index contributed by atoms with van der Waals surface area (Å²) >= 11 is 0. The number of rotatable bonds is 4. The maximum absolute atomic E-state index is 4.75. The van der Waals surface area contributed by atoms with Gasteiger partial charge in [0.05, 0.1) is 17.1 Å². The molecule has 2 aliphatic heterocycles. The zero-order valence-electron chi connectivity index (χ0n) is 17.8. The molecule has 156 valence electrons. The van der Waals surface area contributed by atoms with E-state index in [9.17, 15) is 0 Å².